The van der Waals surface area contributed by atoms with Crippen LogP contribution in [0.15, 0.2) is 54.9 Å². The van der Waals surface area contributed by atoms with Crippen molar-refractivity contribution in [2.75, 3.05) is 25.5 Å². The second-order valence-corrected chi connectivity index (χ2v) is 9.59. The number of aromatic nitrogens is 4. The van der Waals surface area contributed by atoms with E-state index < -0.39 is 24.2 Å². The van der Waals surface area contributed by atoms with Gasteiger partial charge in [0, 0.05) is 26.7 Å². The smallest absolute Gasteiger partial charge is 0.245 e. The number of nitrogens with zero attached hydrogens (tertiary/aromatic N) is 6. The van der Waals surface area contributed by atoms with Gasteiger partial charge in [0.2, 0.25) is 11.8 Å². The molecule has 1 aliphatic rings. The Morgan fingerprint density at radius 1 is 1.14 bits per heavy atom. The summed E-state index contributed by atoms with van der Waals surface area (Å²) in [5.41, 5.74) is 2.61. The summed E-state index contributed by atoms with van der Waals surface area (Å²) in [6.07, 6.45) is 2.11. The number of amides is 2. The molecule has 1 aromatic carbocycles. The van der Waals surface area contributed by atoms with E-state index in [9.17, 15) is 14.0 Å². The fourth-order valence-electron chi connectivity index (χ4n) is 4.25. The molecule has 0 radical (unpaired) electrons. The molecule has 190 valence electrons. The molecule has 3 atom stereocenters. The van der Waals surface area contributed by atoms with Gasteiger partial charge < -0.3 is 15.1 Å². The Hall–Kier alpha value is -3.82. The summed E-state index contributed by atoms with van der Waals surface area (Å²) in [5.74, 6) is 0.124. The van der Waals surface area contributed by atoms with E-state index in [1.54, 1.807) is 11.1 Å². The molecule has 0 saturated carbocycles. The normalized spacial score (nSPS) is 18.3. The fraction of sp³-hybridized carbons (Fsp3) is 0.423. The summed E-state index contributed by atoms with van der Waals surface area (Å²) in [5, 5.41) is 11.0. The van der Waals surface area contributed by atoms with Crippen LogP contribution in [0.4, 0.5) is 10.2 Å². The lowest BCUT2D eigenvalue weighted by Gasteiger charge is -2.26. The number of nitrogens with one attached hydrogen (secondary N) is 1. The Morgan fingerprint density at radius 2 is 1.89 bits per heavy atom. The number of carbonyl (C=O) groups excluding carboxylic acids is 2. The molecule has 0 bridgehead atoms. The second kappa shape index (κ2) is 10.8. The SMILES string of the molecule is CC(C)c1ccc([C@@H](NC(=O)[C@@H]2C[C@@H](F)CN2C(=O)Cn2cc(N(C)C)nn2)c2ccccc2)nc1. The Labute approximate surface area is 210 Å². The van der Waals surface area contributed by atoms with E-state index in [0.717, 1.165) is 11.1 Å². The molecule has 1 fully saturated rings. The summed E-state index contributed by atoms with van der Waals surface area (Å²) < 4.78 is 15.9. The molecule has 0 aliphatic carbocycles. The van der Waals surface area contributed by atoms with Crippen LogP contribution in [0.3, 0.4) is 0 Å². The van der Waals surface area contributed by atoms with Crippen molar-refractivity contribution in [3.63, 3.8) is 0 Å². The van der Waals surface area contributed by atoms with Crippen molar-refractivity contribution in [1.29, 1.82) is 0 Å². The number of alkyl halides is 1. The van der Waals surface area contributed by atoms with Gasteiger partial charge in [-0.1, -0.05) is 55.5 Å². The van der Waals surface area contributed by atoms with Gasteiger partial charge >= 0.3 is 0 Å². The highest BCUT2D eigenvalue weighted by Gasteiger charge is 2.40. The van der Waals surface area contributed by atoms with Gasteiger partial charge in [0.05, 0.1) is 24.5 Å². The molecule has 2 amide bonds. The minimum absolute atomic E-state index is 0.0564. The molecule has 4 rings (SSSR count). The van der Waals surface area contributed by atoms with Crippen molar-refractivity contribution in [3.8, 4) is 0 Å². The predicted molar refractivity (Wildman–Crippen MR) is 134 cm³/mol. The maximum absolute atomic E-state index is 14.5. The lowest BCUT2D eigenvalue weighted by molar-refractivity contribution is -0.139. The van der Waals surface area contributed by atoms with E-state index in [1.807, 2.05) is 62.8 Å². The molecule has 36 heavy (non-hydrogen) atoms. The highest BCUT2D eigenvalue weighted by molar-refractivity contribution is 5.88. The number of hydrogen-bond acceptors (Lipinski definition) is 6. The summed E-state index contributed by atoms with van der Waals surface area (Å²) in [7, 11) is 3.64. The molecule has 9 nitrogen and oxygen atoms in total. The second-order valence-electron chi connectivity index (χ2n) is 9.59. The number of benzene rings is 1. The maximum Gasteiger partial charge on any atom is 0.245 e. The molecule has 1 saturated heterocycles. The number of likely N-dealkylation sites (tertiary alicyclic amines) is 1. The molecule has 10 heteroatoms. The quantitative estimate of drug-likeness (QED) is 0.518. The number of halogens is 1. The number of rotatable bonds is 8. The van der Waals surface area contributed by atoms with E-state index in [0.29, 0.717) is 17.4 Å². The first kappa shape index (κ1) is 25.3. The topological polar surface area (TPSA) is 96.2 Å². The Balaban J connectivity index is 1.53. The first-order valence-electron chi connectivity index (χ1n) is 12.0. The van der Waals surface area contributed by atoms with Gasteiger partial charge in [-0.15, -0.1) is 5.10 Å². The lowest BCUT2D eigenvalue weighted by Crippen LogP contribution is -2.48. The zero-order valence-electron chi connectivity index (χ0n) is 21.0. The highest BCUT2D eigenvalue weighted by atomic mass is 19.1. The van der Waals surface area contributed by atoms with Crippen molar-refractivity contribution in [2.45, 2.75) is 51.0 Å². The highest BCUT2D eigenvalue weighted by Crippen LogP contribution is 2.26. The van der Waals surface area contributed by atoms with E-state index in [4.69, 9.17) is 0 Å². The van der Waals surface area contributed by atoms with Crippen LogP contribution < -0.4 is 10.2 Å². The molecule has 3 aromatic rings. The number of pyridine rings is 1. The van der Waals surface area contributed by atoms with Crippen LogP contribution in [-0.4, -0.2) is 69.5 Å². The van der Waals surface area contributed by atoms with Crippen LogP contribution in [0, 0.1) is 0 Å². The third-order valence-electron chi connectivity index (χ3n) is 6.35. The fourth-order valence-corrected chi connectivity index (χ4v) is 4.25. The third kappa shape index (κ3) is 5.69. The van der Waals surface area contributed by atoms with Crippen LogP contribution in [0.1, 0.15) is 49.0 Å². The van der Waals surface area contributed by atoms with Crippen LogP contribution in [-0.2, 0) is 16.1 Å². The Morgan fingerprint density at radius 3 is 2.50 bits per heavy atom. The maximum atomic E-state index is 14.5. The van der Waals surface area contributed by atoms with Crippen molar-refractivity contribution in [3.05, 3.63) is 71.7 Å². The van der Waals surface area contributed by atoms with Crippen molar-refractivity contribution < 1.29 is 14.0 Å². The van der Waals surface area contributed by atoms with Gasteiger partial charge in [-0.25, -0.2) is 9.07 Å². The van der Waals surface area contributed by atoms with Gasteiger partial charge in [-0.2, -0.15) is 0 Å². The van der Waals surface area contributed by atoms with Crippen LogP contribution >= 0.6 is 0 Å². The minimum atomic E-state index is -1.28. The van der Waals surface area contributed by atoms with Crippen molar-refractivity contribution in [2.24, 2.45) is 0 Å². The van der Waals surface area contributed by atoms with Gasteiger partial charge in [-0.05, 0) is 23.1 Å². The van der Waals surface area contributed by atoms with Gasteiger partial charge in [0.15, 0.2) is 5.82 Å². The van der Waals surface area contributed by atoms with E-state index in [-0.39, 0.29) is 25.4 Å². The average Bonchev–Trinajstić information content (AvgIpc) is 3.50. The van der Waals surface area contributed by atoms with E-state index in [2.05, 4.69) is 34.5 Å². The van der Waals surface area contributed by atoms with E-state index >= 15 is 0 Å². The monoisotopic (exact) mass is 493 g/mol. The zero-order chi connectivity index (χ0) is 25.8. The number of carbonyl (C=O) groups is 2. The van der Waals surface area contributed by atoms with Gasteiger partial charge in [0.25, 0.3) is 0 Å². The summed E-state index contributed by atoms with van der Waals surface area (Å²) in [6.45, 7) is 3.92. The Kier molecular flexibility index (Phi) is 7.61. The largest absolute Gasteiger partial charge is 0.360 e. The molecule has 2 aromatic heterocycles. The van der Waals surface area contributed by atoms with Gasteiger partial charge in [-0.3, -0.25) is 14.6 Å². The lowest BCUT2D eigenvalue weighted by atomic mass is 10.00. The molecule has 0 spiro atoms. The third-order valence-corrected chi connectivity index (χ3v) is 6.35. The molecule has 0 unspecified atom stereocenters. The zero-order valence-corrected chi connectivity index (χ0v) is 21.0. The van der Waals surface area contributed by atoms with Crippen molar-refractivity contribution in [1.82, 2.24) is 30.2 Å². The first-order chi connectivity index (χ1) is 17.2. The minimum Gasteiger partial charge on any atom is -0.360 e. The van der Waals surface area contributed by atoms with E-state index in [1.165, 1.54) is 9.58 Å². The molecular weight excluding hydrogens is 461 g/mol. The Bertz CT molecular complexity index is 1180. The summed E-state index contributed by atoms with van der Waals surface area (Å²) >= 11 is 0. The van der Waals surface area contributed by atoms with Crippen molar-refractivity contribution >= 4 is 17.6 Å². The first-order valence-corrected chi connectivity index (χ1v) is 12.0. The van der Waals surface area contributed by atoms with Crippen LogP contribution in [0.5, 0.6) is 0 Å². The van der Waals surface area contributed by atoms with Gasteiger partial charge in [0.1, 0.15) is 18.8 Å². The summed E-state index contributed by atoms with van der Waals surface area (Å²) in [6, 6.07) is 11.9. The van der Waals surface area contributed by atoms with Crippen LogP contribution in [0.25, 0.3) is 0 Å². The summed E-state index contributed by atoms with van der Waals surface area (Å²) in [4.78, 5) is 34.2. The standard InChI is InChI=1S/C26H32FN7O2/c1-17(2)19-10-11-21(28-13-19)25(18-8-6-5-7-9-18)29-26(36)22-12-20(27)14-34(22)24(35)16-33-15-23(30-31-33)32(3)4/h5-11,13,15,17,20,22,25H,12,14,16H2,1-4H3,(H,29,36)/t20-,22+,25+/m1/s1. The molecule has 1 aliphatic heterocycles. The molecular formula is C26H32FN7O2. The average molecular weight is 494 g/mol. The van der Waals surface area contributed by atoms with Crippen LogP contribution in [0.2, 0.25) is 0 Å². The predicted octanol–water partition coefficient (Wildman–Crippen LogP) is 2.71. The number of anilines is 1. The molecule has 1 N–H and O–H groups in total. The molecule has 3 heterocycles. The number of hydrogen-bond donors (Lipinski definition) is 1.